The number of nitrogens with two attached hydrogens (primary N) is 1. The van der Waals surface area contributed by atoms with Gasteiger partial charge < -0.3 is 16.4 Å². The van der Waals surface area contributed by atoms with Gasteiger partial charge in [0.15, 0.2) is 0 Å². The van der Waals surface area contributed by atoms with Crippen molar-refractivity contribution >= 4 is 28.9 Å². The minimum absolute atomic E-state index is 0.0283. The molecule has 0 spiro atoms. The summed E-state index contributed by atoms with van der Waals surface area (Å²) < 4.78 is 0. The largest absolute Gasteiger partial charge is 0.397 e. The number of carbonyl (C=O) groups is 1. The molecule has 4 N–H and O–H groups in total. The third-order valence-electron chi connectivity index (χ3n) is 2.63. The molecule has 0 radical (unpaired) electrons. The first-order chi connectivity index (χ1) is 7.66. The number of rotatable bonds is 2. The normalized spacial score (nSPS) is 20.3. The van der Waals surface area contributed by atoms with Crippen molar-refractivity contribution in [1.29, 1.82) is 0 Å². The molecule has 1 fully saturated rings. The van der Waals surface area contributed by atoms with Crippen LogP contribution < -0.4 is 16.4 Å². The van der Waals surface area contributed by atoms with Gasteiger partial charge in [-0.3, -0.25) is 4.79 Å². The first-order valence-electron chi connectivity index (χ1n) is 5.26. The molecular formula is C11H14ClN3O. The van der Waals surface area contributed by atoms with Gasteiger partial charge in [0.1, 0.15) is 6.04 Å². The van der Waals surface area contributed by atoms with Crippen LogP contribution in [0.1, 0.15) is 12.8 Å². The molecule has 0 bridgehead atoms. The zero-order chi connectivity index (χ0) is 11.5. The number of benzene rings is 1. The van der Waals surface area contributed by atoms with Gasteiger partial charge in [0.05, 0.1) is 11.4 Å². The highest BCUT2D eigenvalue weighted by molar-refractivity contribution is 6.31. The molecule has 2 rings (SSSR count). The zero-order valence-corrected chi connectivity index (χ0v) is 9.55. The number of piperidine rings is 1. The van der Waals surface area contributed by atoms with Gasteiger partial charge in [-0.1, -0.05) is 11.6 Å². The van der Waals surface area contributed by atoms with E-state index in [0.29, 0.717) is 10.7 Å². The Balaban J connectivity index is 2.10. The van der Waals surface area contributed by atoms with E-state index in [1.54, 1.807) is 18.2 Å². The van der Waals surface area contributed by atoms with Gasteiger partial charge in [0.25, 0.3) is 0 Å². The van der Waals surface area contributed by atoms with E-state index in [0.717, 1.165) is 25.1 Å². The van der Waals surface area contributed by atoms with Crippen LogP contribution in [-0.4, -0.2) is 18.5 Å². The van der Waals surface area contributed by atoms with E-state index in [1.807, 2.05) is 0 Å². The van der Waals surface area contributed by atoms with E-state index in [4.69, 9.17) is 17.3 Å². The Morgan fingerprint density at radius 3 is 3.00 bits per heavy atom. The van der Waals surface area contributed by atoms with Crippen molar-refractivity contribution in [2.45, 2.75) is 18.9 Å². The van der Waals surface area contributed by atoms with Crippen LogP contribution in [0.5, 0.6) is 0 Å². The van der Waals surface area contributed by atoms with E-state index in [2.05, 4.69) is 10.6 Å². The Morgan fingerprint density at radius 2 is 2.31 bits per heavy atom. The predicted octanol–water partition coefficient (Wildman–Crippen LogP) is 1.61. The number of nitrogen functional groups attached to an aromatic ring is 1. The van der Waals surface area contributed by atoms with Crippen molar-refractivity contribution in [3.63, 3.8) is 0 Å². The summed E-state index contributed by atoms with van der Waals surface area (Å²) in [7, 11) is 0. The van der Waals surface area contributed by atoms with Crippen LogP contribution in [0.2, 0.25) is 5.02 Å². The van der Waals surface area contributed by atoms with Gasteiger partial charge >= 0.3 is 0 Å². The molecule has 1 amide bonds. The predicted molar refractivity (Wildman–Crippen MR) is 65.5 cm³/mol. The number of carbonyl (C=O) groups excluding carboxylic acids is 1. The van der Waals surface area contributed by atoms with Crippen LogP contribution in [0, 0.1) is 0 Å². The molecule has 16 heavy (non-hydrogen) atoms. The van der Waals surface area contributed by atoms with Crippen LogP contribution in [0.25, 0.3) is 0 Å². The zero-order valence-electron chi connectivity index (χ0n) is 8.79. The summed E-state index contributed by atoms with van der Waals surface area (Å²) in [4.78, 5) is 11.5. The monoisotopic (exact) mass is 239 g/mol. The molecule has 1 unspecified atom stereocenters. The van der Waals surface area contributed by atoms with Gasteiger partial charge in [0.2, 0.25) is 5.91 Å². The van der Waals surface area contributed by atoms with E-state index >= 15 is 0 Å². The average Bonchev–Trinajstić information content (AvgIpc) is 2.25. The van der Waals surface area contributed by atoms with E-state index < -0.39 is 0 Å². The molecular weight excluding hydrogens is 226 g/mol. The maximum atomic E-state index is 11.5. The first-order valence-corrected chi connectivity index (χ1v) is 5.64. The number of hydrogen-bond acceptors (Lipinski definition) is 3. The highest BCUT2D eigenvalue weighted by Crippen LogP contribution is 2.24. The van der Waals surface area contributed by atoms with Gasteiger partial charge in [-0.05, 0) is 31.0 Å². The lowest BCUT2D eigenvalue weighted by Gasteiger charge is -2.24. The highest BCUT2D eigenvalue weighted by Gasteiger charge is 2.21. The summed E-state index contributed by atoms with van der Waals surface area (Å²) >= 11 is 5.80. The van der Waals surface area contributed by atoms with E-state index in [-0.39, 0.29) is 11.9 Å². The molecule has 1 atom stereocenters. The molecule has 0 aromatic heterocycles. The number of halogens is 1. The van der Waals surface area contributed by atoms with Gasteiger partial charge in [0, 0.05) is 11.6 Å². The third kappa shape index (κ3) is 2.39. The van der Waals surface area contributed by atoms with Crippen LogP contribution in [0.4, 0.5) is 11.4 Å². The highest BCUT2D eigenvalue weighted by atomic mass is 35.5. The minimum atomic E-state index is -0.197. The number of anilines is 2. The lowest BCUT2D eigenvalue weighted by atomic mass is 10.1. The quantitative estimate of drug-likeness (QED) is 0.687. The van der Waals surface area contributed by atoms with Crippen molar-refractivity contribution in [1.82, 2.24) is 5.32 Å². The molecule has 1 aliphatic rings. The van der Waals surface area contributed by atoms with Crippen LogP contribution in [0.3, 0.4) is 0 Å². The molecule has 0 aliphatic carbocycles. The van der Waals surface area contributed by atoms with Crippen molar-refractivity contribution in [3.8, 4) is 0 Å². The lowest BCUT2D eigenvalue weighted by molar-refractivity contribution is -0.123. The molecule has 1 aliphatic heterocycles. The standard InChI is InChI=1S/C11H14ClN3O/c12-7-3-4-9(8(13)6-7)15-10-2-1-5-14-11(10)16/h3-4,6,10,15H,1-2,5,13H2,(H,14,16). The molecule has 5 heteroatoms. The average molecular weight is 240 g/mol. The second kappa shape index (κ2) is 4.61. The maximum Gasteiger partial charge on any atom is 0.242 e. The Labute approximate surface area is 99.2 Å². The summed E-state index contributed by atoms with van der Waals surface area (Å²) in [5, 5.41) is 6.54. The Kier molecular flexibility index (Phi) is 3.19. The first kappa shape index (κ1) is 11.1. The van der Waals surface area contributed by atoms with Crippen molar-refractivity contribution in [2.24, 2.45) is 0 Å². The van der Waals surface area contributed by atoms with Gasteiger partial charge in [-0.2, -0.15) is 0 Å². The van der Waals surface area contributed by atoms with Crippen LogP contribution >= 0.6 is 11.6 Å². The molecule has 0 saturated carbocycles. The lowest BCUT2D eigenvalue weighted by Crippen LogP contribution is -2.44. The summed E-state index contributed by atoms with van der Waals surface area (Å²) in [6, 6.07) is 5.02. The summed E-state index contributed by atoms with van der Waals surface area (Å²) in [5.74, 6) is 0.0283. The Hall–Kier alpha value is -1.42. The summed E-state index contributed by atoms with van der Waals surface area (Å²) in [6.45, 7) is 0.757. The van der Waals surface area contributed by atoms with Crippen molar-refractivity contribution < 1.29 is 4.79 Å². The molecule has 1 aromatic carbocycles. The smallest absolute Gasteiger partial charge is 0.242 e. The second-order valence-electron chi connectivity index (χ2n) is 3.86. The van der Waals surface area contributed by atoms with Crippen LogP contribution in [0.15, 0.2) is 18.2 Å². The number of nitrogens with one attached hydrogen (secondary N) is 2. The van der Waals surface area contributed by atoms with E-state index in [1.165, 1.54) is 0 Å². The summed E-state index contributed by atoms with van der Waals surface area (Å²) in [6.07, 6.45) is 1.81. The van der Waals surface area contributed by atoms with Gasteiger partial charge in [-0.15, -0.1) is 0 Å². The molecule has 1 saturated heterocycles. The van der Waals surface area contributed by atoms with Crippen molar-refractivity contribution in [2.75, 3.05) is 17.6 Å². The fraction of sp³-hybridized carbons (Fsp3) is 0.364. The minimum Gasteiger partial charge on any atom is -0.397 e. The van der Waals surface area contributed by atoms with Crippen LogP contribution in [-0.2, 0) is 4.79 Å². The third-order valence-corrected chi connectivity index (χ3v) is 2.86. The summed E-state index contributed by atoms with van der Waals surface area (Å²) in [5.41, 5.74) is 7.12. The fourth-order valence-electron chi connectivity index (χ4n) is 1.76. The Bertz CT molecular complexity index is 408. The number of hydrogen-bond donors (Lipinski definition) is 3. The molecule has 4 nitrogen and oxygen atoms in total. The maximum absolute atomic E-state index is 11.5. The SMILES string of the molecule is Nc1cc(Cl)ccc1NC1CCCNC1=O. The Morgan fingerprint density at radius 1 is 1.50 bits per heavy atom. The van der Waals surface area contributed by atoms with Gasteiger partial charge in [-0.25, -0.2) is 0 Å². The van der Waals surface area contributed by atoms with E-state index in [9.17, 15) is 4.79 Å². The second-order valence-corrected chi connectivity index (χ2v) is 4.30. The molecule has 1 aromatic rings. The fourth-order valence-corrected chi connectivity index (χ4v) is 1.94. The van der Waals surface area contributed by atoms with Crippen molar-refractivity contribution in [3.05, 3.63) is 23.2 Å². The topological polar surface area (TPSA) is 67.2 Å². The molecule has 86 valence electrons. The molecule has 1 heterocycles. The number of amides is 1.